The summed E-state index contributed by atoms with van der Waals surface area (Å²) in [6.45, 7) is 11.2. The standard InChI is InChI=1S/C27H34N2O4/c1-6-28(7-2)16-17-29-24(20-10-8-19(9-11-20)18(3)4)23(26(31)27(29)32)25(30)21-12-14-22(33-5)15-13-21/h8-15,18,24,30H,6-7,16-17H2,1-5H3/b25-23+. The number of aliphatic hydroxyl groups is 1. The molecule has 176 valence electrons. The first-order chi connectivity index (χ1) is 15.8. The summed E-state index contributed by atoms with van der Waals surface area (Å²) in [5.74, 6) is -0.380. The van der Waals surface area contributed by atoms with Crippen molar-refractivity contribution in [1.82, 2.24) is 9.80 Å². The van der Waals surface area contributed by atoms with Crippen LogP contribution in [-0.4, -0.2) is 59.9 Å². The molecule has 1 heterocycles. The molecular formula is C27H34N2O4. The van der Waals surface area contributed by atoms with Crippen molar-refractivity contribution in [2.75, 3.05) is 33.3 Å². The maximum absolute atomic E-state index is 13.1. The van der Waals surface area contributed by atoms with E-state index in [1.807, 2.05) is 24.3 Å². The third-order valence-corrected chi connectivity index (χ3v) is 6.37. The molecule has 2 aromatic carbocycles. The first-order valence-corrected chi connectivity index (χ1v) is 11.6. The van der Waals surface area contributed by atoms with Gasteiger partial charge < -0.3 is 19.6 Å². The Labute approximate surface area is 196 Å². The van der Waals surface area contributed by atoms with Crippen molar-refractivity contribution in [2.24, 2.45) is 0 Å². The highest BCUT2D eigenvalue weighted by Crippen LogP contribution is 2.39. The van der Waals surface area contributed by atoms with Crippen LogP contribution in [0.3, 0.4) is 0 Å². The molecule has 6 heteroatoms. The van der Waals surface area contributed by atoms with Crippen LogP contribution >= 0.6 is 0 Å². The van der Waals surface area contributed by atoms with Crippen molar-refractivity contribution in [2.45, 2.75) is 39.7 Å². The Kier molecular flexibility index (Phi) is 7.92. The molecule has 0 spiro atoms. The van der Waals surface area contributed by atoms with Crippen molar-refractivity contribution in [3.8, 4) is 5.75 Å². The Morgan fingerprint density at radius 2 is 1.64 bits per heavy atom. The molecule has 0 aliphatic carbocycles. The molecule has 1 aliphatic rings. The molecule has 6 nitrogen and oxygen atoms in total. The molecule has 0 radical (unpaired) electrons. The van der Waals surface area contributed by atoms with Crippen LogP contribution in [0.25, 0.3) is 5.76 Å². The van der Waals surface area contributed by atoms with Gasteiger partial charge in [-0.1, -0.05) is 52.0 Å². The molecule has 1 aliphatic heterocycles. The second kappa shape index (κ2) is 10.7. The third-order valence-electron chi connectivity index (χ3n) is 6.37. The molecule has 1 atom stereocenters. The van der Waals surface area contributed by atoms with Gasteiger partial charge in [-0.25, -0.2) is 0 Å². The van der Waals surface area contributed by atoms with Gasteiger partial charge in [0.2, 0.25) is 0 Å². The van der Waals surface area contributed by atoms with Crippen LogP contribution in [0.4, 0.5) is 0 Å². The molecule has 0 saturated carbocycles. The number of hydrogen-bond acceptors (Lipinski definition) is 5. The van der Waals surface area contributed by atoms with Gasteiger partial charge in [0.25, 0.3) is 11.7 Å². The number of likely N-dealkylation sites (tertiary alicyclic amines) is 1. The number of methoxy groups -OCH3 is 1. The Morgan fingerprint density at radius 3 is 2.15 bits per heavy atom. The monoisotopic (exact) mass is 450 g/mol. The lowest BCUT2D eigenvalue weighted by Crippen LogP contribution is -2.38. The number of ketones is 1. The zero-order chi connectivity index (χ0) is 24.1. The number of aliphatic hydroxyl groups excluding tert-OH is 1. The number of carbonyl (C=O) groups excluding carboxylic acids is 2. The molecule has 3 rings (SSSR count). The molecule has 2 aromatic rings. The predicted molar refractivity (Wildman–Crippen MR) is 130 cm³/mol. The van der Waals surface area contributed by atoms with E-state index in [0.29, 0.717) is 30.3 Å². The molecule has 1 N–H and O–H groups in total. The topological polar surface area (TPSA) is 70.1 Å². The van der Waals surface area contributed by atoms with Crippen molar-refractivity contribution in [3.63, 3.8) is 0 Å². The number of likely N-dealkylation sites (N-methyl/N-ethyl adjacent to an activating group) is 1. The minimum Gasteiger partial charge on any atom is -0.507 e. The van der Waals surface area contributed by atoms with Crippen LogP contribution in [0, 0.1) is 0 Å². The van der Waals surface area contributed by atoms with Gasteiger partial charge in [-0.15, -0.1) is 0 Å². The predicted octanol–water partition coefficient (Wildman–Crippen LogP) is 4.58. The van der Waals surface area contributed by atoms with Crippen LogP contribution in [0.5, 0.6) is 5.75 Å². The number of carbonyl (C=O) groups is 2. The maximum atomic E-state index is 13.1. The van der Waals surface area contributed by atoms with E-state index in [-0.39, 0.29) is 11.3 Å². The number of ether oxygens (including phenoxy) is 1. The lowest BCUT2D eigenvalue weighted by atomic mass is 9.93. The number of rotatable bonds is 9. The molecule has 1 unspecified atom stereocenters. The van der Waals surface area contributed by atoms with Crippen molar-refractivity contribution < 1.29 is 19.4 Å². The molecule has 33 heavy (non-hydrogen) atoms. The van der Waals surface area contributed by atoms with Gasteiger partial charge in [-0.2, -0.15) is 0 Å². The fraction of sp³-hybridized carbons (Fsp3) is 0.407. The number of hydrogen-bond donors (Lipinski definition) is 1. The summed E-state index contributed by atoms with van der Waals surface area (Å²) >= 11 is 0. The second-order valence-electron chi connectivity index (χ2n) is 8.57. The summed E-state index contributed by atoms with van der Waals surface area (Å²) < 4.78 is 5.19. The largest absolute Gasteiger partial charge is 0.507 e. The molecule has 0 aromatic heterocycles. The summed E-state index contributed by atoms with van der Waals surface area (Å²) in [5.41, 5.74) is 2.59. The van der Waals surface area contributed by atoms with E-state index in [9.17, 15) is 14.7 Å². The molecule has 1 fully saturated rings. The second-order valence-corrected chi connectivity index (χ2v) is 8.57. The summed E-state index contributed by atoms with van der Waals surface area (Å²) in [4.78, 5) is 30.0. The zero-order valence-electron chi connectivity index (χ0n) is 20.2. The van der Waals surface area contributed by atoms with E-state index in [0.717, 1.165) is 18.7 Å². The molecule has 1 saturated heterocycles. The minimum absolute atomic E-state index is 0.127. The summed E-state index contributed by atoms with van der Waals surface area (Å²) in [7, 11) is 1.57. The SMILES string of the molecule is CCN(CC)CCN1C(=O)C(=O)/C(=C(/O)c2ccc(OC)cc2)C1c1ccc(C(C)C)cc1. The minimum atomic E-state index is -0.652. The lowest BCUT2D eigenvalue weighted by Gasteiger charge is -2.28. The molecular weight excluding hydrogens is 416 g/mol. The van der Waals surface area contributed by atoms with Gasteiger partial charge in [0.1, 0.15) is 11.5 Å². The summed E-state index contributed by atoms with van der Waals surface area (Å²) in [6.07, 6.45) is 0. The van der Waals surface area contributed by atoms with E-state index in [1.165, 1.54) is 5.56 Å². The van der Waals surface area contributed by atoms with Crippen LogP contribution in [0.1, 0.15) is 56.3 Å². The van der Waals surface area contributed by atoms with Gasteiger partial charge in [0.15, 0.2) is 0 Å². The first kappa shape index (κ1) is 24.5. The Hall–Kier alpha value is -3.12. The number of amides is 1. The Balaban J connectivity index is 2.08. The van der Waals surface area contributed by atoms with Crippen molar-refractivity contribution in [1.29, 1.82) is 0 Å². The number of Topliss-reactive ketones (excluding diaryl/α,β-unsaturated/α-hetero) is 1. The zero-order valence-corrected chi connectivity index (χ0v) is 20.2. The van der Waals surface area contributed by atoms with Crippen LogP contribution in [-0.2, 0) is 9.59 Å². The van der Waals surface area contributed by atoms with Gasteiger partial charge in [0, 0.05) is 18.7 Å². The quantitative estimate of drug-likeness (QED) is 0.344. The highest BCUT2D eigenvalue weighted by Gasteiger charge is 2.45. The number of nitrogens with zero attached hydrogens (tertiary/aromatic N) is 2. The smallest absolute Gasteiger partial charge is 0.295 e. The highest BCUT2D eigenvalue weighted by atomic mass is 16.5. The highest BCUT2D eigenvalue weighted by molar-refractivity contribution is 6.46. The third kappa shape index (κ3) is 5.11. The van der Waals surface area contributed by atoms with E-state index in [2.05, 4.69) is 32.6 Å². The van der Waals surface area contributed by atoms with E-state index >= 15 is 0 Å². The van der Waals surface area contributed by atoms with Gasteiger partial charge >= 0.3 is 0 Å². The Bertz CT molecular complexity index is 1010. The van der Waals surface area contributed by atoms with Crippen LogP contribution < -0.4 is 4.74 Å². The summed E-state index contributed by atoms with van der Waals surface area (Å²) in [6, 6.07) is 14.2. The molecule has 0 bridgehead atoms. The van der Waals surface area contributed by atoms with Crippen molar-refractivity contribution >= 4 is 17.4 Å². The van der Waals surface area contributed by atoms with E-state index in [4.69, 9.17) is 4.74 Å². The lowest BCUT2D eigenvalue weighted by molar-refractivity contribution is -0.140. The van der Waals surface area contributed by atoms with Gasteiger partial charge in [0.05, 0.1) is 18.7 Å². The van der Waals surface area contributed by atoms with Crippen LogP contribution in [0.2, 0.25) is 0 Å². The molecule has 1 amide bonds. The fourth-order valence-corrected chi connectivity index (χ4v) is 4.21. The maximum Gasteiger partial charge on any atom is 0.295 e. The van der Waals surface area contributed by atoms with E-state index < -0.39 is 17.7 Å². The van der Waals surface area contributed by atoms with Crippen molar-refractivity contribution in [3.05, 3.63) is 70.8 Å². The average Bonchev–Trinajstić information content (AvgIpc) is 3.09. The van der Waals surface area contributed by atoms with Gasteiger partial charge in [-0.3, -0.25) is 9.59 Å². The average molecular weight is 451 g/mol. The Morgan fingerprint density at radius 1 is 1.03 bits per heavy atom. The summed E-state index contributed by atoms with van der Waals surface area (Å²) in [5, 5.41) is 11.2. The first-order valence-electron chi connectivity index (χ1n) is 11.6. The van der Waals surface area contributed by atoms with E-state index in [1.54, 1.807) is 36.3 Å². The number of benzene rings is 2. The van der Waals surface area contributed by atoms with Gasteiger partial charge in [-0.05, 0) is 54.4 Å². The fourth-order valence-electron chi connectivity index (χ4n) is 4.21. The normalized spacial score (nSPS) is 17.9. The van der Waals surface area contributed by atoms with Crippen LogP contribution in [0.15, 0.2) is 54.1 Å².